The van der Waals surface area contributed by atoms with Crippen LogP contribution in [0.15, 0.2) is 33.7 Å². The highest BCUT2D eigenvalue weighted by Gasteiger charge is 2.11. The van der Waals surface area contributed by atoms with Crippen LogP contribution in [0.5, 0.6) is 0 Å². The van der Waals surface area contributed by atoms with E-state index in [0.29, 0.717) is 6.54 Å². The maximum absolute atomic E-state index is 4.26. The van der Waals surface area contributed by atoms with Crippen molar-refractivity contribution in [1.29, 1.82) is 0 Å². The predicted octanol–water partition coefficient (Wildman–Crippen LogP) is 2.31. The van der Waals surface area contributed by atoms with E-state index < -0.39 is 0 Å². The molecule has 0 saturated heterocycles. The average Bonchev–Trinajstić information content (AvgIpc) is 2.83. The summed E-state index contributed by atoms with van der Waals surface area (Å²) in [6.45, 7) is 4.59. The number of aryl methyl sites for hydroxylation is 1. The number of hydrogen-bond acceptors (Lipinski definition) is 3. The number of benzene rings is 1. The summed E-state index contributed by atoms with van der Waals surface area (Å²) in [6, 6.07) is 8.27. The number of rotatable bonds is 4. The molecule has 118 valence electrons. The summed E-state index contributed by atoms with van der Waals surface area (Å²) in [5, 5.41) is 14.8. The van der Waals surface area contributed by atoms with Gasteiger partial charge in [-0.25, -0.2) is 0 Å². The third kappa shape index (κ3) is 3.85. The molecule has 1 aromatic carbocycles. The maximum atomic E-state index is 4.26. The summed E-state index contributed by atoms with van der Waals surface area (Å²) in [4.78, 5) is 4.26. The largest absolute Gasteiger partial charge is 0.350 e. The van der Waals surface area contributed by atoms with Gasteiger partial charge in [0.25, 0.3) is 0 Å². The van der Waals surface area contributed by atoms with Gasteiger partial charge in [0.05, 0.1) is 12.6 Å². The molecule has 0 bridgehead atoms. The summed E-state index contributed by atoms with van der Waals surface area (Å²) in [7, 11) is 3.70. The summed E-state index contributed by atoms with van der Waals surface area (Å²) in [6.07, 6.45) is 0. The maximum Gasteiger partial charge on any atom is 0.191 e. The fraction of sp³-hybridized carbons (Fsp3) is 0.400. The Balaban J connectivity index is 1.98. The van der Waals surface area contributed by atoms with E-state index in [2.05, 4.69) is 54.7 Å². The number of nitrogens with zero attached hydrogens (tertiary/aromatic N) is 4. The number of halogens is 1. The van der Waals surface area contributed by atoms with Crippen molar-refractivity contribution in [1.82, 2.24) is 25.4 Å². The molecule has 0 fully saturated rings. The van der Waals surface area contributed by atoms with Crippen LogP contribution in [0, 0.1) is 6.92 Å². The van der Waals surface area contributed by atoms with Crippen LogP contribution in [-0.2, 0) is 13.6 Å². The second kappa shape index (κ2) is 7.40. The average molecular weight is 365 g/mol. The van der Waals surface area contributed by atoms with Gasteiger partial charge in [-0.3, -0.25) is 4.99 Å². The second-order valence-electron chi connectivity index (χ2n) is 5.04. The van der Waals surface area contributed by atoms with Crippen LogP contribution in [-0.4, -0.2) is 27.8 Å². The Morgan fingerprint density at radius 1 is 1.36 bits per heavy atom. The van der Waals surface area contributed by atoms with Gasteiger partial charge in [0.2, 0.25) is 0 Å². The van der Waals surface area contributed by atoms with Gasteiger partial charge < -0.3 is 15.2 Å². The third-order valence-electron chi connectivity index (χ3n) is 3.55. The highest BCUT2D eigenvalue weighted by molar-refractivity contribution is 9.10. The minimum atomic E-state index is 0.128. The predicted molar refractivity (Wildman–Crippen MR) is 91.6 cm³/mol. The summed E-state index contributed by atoms with van der Waals surface area (Å²) < 4.78 is 3.03. The van der Waals surface area contributed by atoms with Gasteiger partial charge in [0, 0.05) is 18.6 Å². The van der Waals surface area contributed by atoms with Crippen molar-refractivity contribution in [2.75, 3.05) is 7.05 Å². The molecular weight excluding hydrogens is 344 g/mol. The summed E-state index contributed by atoms with van der Waals surface area (Å²) >= 11 is 3.57. The molecule has 7 heteroatoms. The monoisotopic (exact) mass is 364 g/mol. The lowest BCUT2D eigenvalue weighted by Crippen LogP contribution is -2.38. The first kappa shape index (κ1) is 16.5. The Hall–Kier alpha value is -1.89. The van der Waals surface area contributed by atoms with Crippen molar-refractivity contribution >= 4 is 21.9 Å². The normalized spacial score (nSPS) is 13.0. The lowest BCUT2D eigenvalue weighted by Gasteiger charge is -2.19. The van der Waals surface area contributed by atoms with Crippen molar-refractivity contribution in [2.45, 2.75) is 26.4 Å². The fourth-order valence-electron chi connectivity index (χ4n) is 2.07. The van der Waals surface area contributed by atoms with E-state index in [1.165, 1.54) is 5.56 Å². The molecule has 2 aromatic rings. The smallest absolute Gasteiger partial charge is 0.191 e. The Morgan fingerprint density at radius 2 is 2.09 bits per heavy atom. The Bertz CT molecular complexity index is 664. The molecule has 22 heavy (non-hydrogen) atoms. The lowest BCUT2D eigenvalue weighted by atomic mass is 10.1. The van der Waals surface area contributed by atoms with Crippen LogP contribution in [0.25, 0.3) is 0 Å². The molecule has 0 saturated carbocycles. The van der Waals surface area contributed by atoms with Crippen molar-refractivity contribution in [2.24, 2.45) is 12.0 Å². The van der Waals surface area contributed by atoms with E-state index in [9.17, 15) is 0 Å². The third-order valence-corrected chi connectivity index (χ3v) is 4.27. The number of aliphatic imine (C=N–C) groups is 1. The highest BCUT2D eigenvalue weighted by atomic mass is 79.9. The number of guanidine groups is 1. The van der Waals surface area contributed by atoms with Gasteiger partial charge in [-0.1, -0.05) is 34.1 Å². The summed E-state index contributed by atoms with van der Waals surface area (Å²) in [5.41, 5.74) is 1.18. The molecule has 0 aliphatic rings. The minimum Gasteiger partial charge on any atom is -0.350 e. The topological polar surface area (TPSA) is 67.1 Å². The van der Waals surface area contributed by atoms with Gasteiger partial charge in [0.1, 0.15) is 5.82 Å². The SMILES string of the molecule is CN=C(NCc1nnc(C)n1C)NC(C)c1ccccc1Br. The van der Waals surface area contributed by atoms with Gasteiger partial charge in [-0.05, 0) is 25.5 Å². The van der Waals surface area contributed by atoms with Crippen LogP contribution < -0.4 is 10.6 Å². The first-order valence-electron chi connectivity index (χ1n) is 7.09. The Labute approximate surface area is 139 Å². The van der Waals surface area contributed by atoms with Crippen molar-refractivity contribution in [3.63, 3.8) is 0 Å². The van der Waals surface area contributed by atoms with Gasteiger partial charge in [-0.15, -0.1) is 10.2 Å². The molecule has 1 atom stereocenters. The van der Waals surface area contributed by atoms with Crippen LogP contribution in [0.2, 0.25) is 0 Å². The van der Waals surface area contributed by atoms with Gasteiger partial charge in [-0.2, -0.15) is 0 Å². The molecule has 1 aromatic heterocycles. The van der Waals surface area contributed by atoms with E-state index in [1.807, 2.05) is 36.7 Å². The zero-order chi connectivity index (χ0) is 16.1. The van der Waals surface area contributed by atoms with Crippen LogP contribution in [0.4, 0.5) is 0 Å². The highest BCUT2D eigenvalue weighted by Crippen LogP contribution is 2.22. The number of nitrogens with one attached hydrogen (secondary N) is 2. The minimum absolute atomic E-state index is 0.128. The first-order chi connectivity index (χ1) is 10.5. The zero-order valence-electron chi connectivity index (χ0n) is 13.3. The van der Waals surface area contributed by atoms with E-state index in [-0.39, 0.29) is 6.04 Å². The molecule has 0 radical (unpaired) electrons. The molecule has 1 unspecified atom stereocenters. The zero-order valence-corrected chi connectivity index (χ0v) is 14.8. The molecule has 0 amide bonds. The number of hydrogen-bond donors (Lipinski definition) is 2. The van der Waals surface area contributed by atoms with Crippen LogP contribution in [0.1, 0.15) is 30.2 Å². The molecular formula is C15H21BrN6. The molecule has 2 N–H and O–H groups in total. The molecule has 0 spiro atoms. The lowest BCUT2D eigenvalue weighted by molar-refractivity contribution is 0.666. The van der Waals surface area contributed by atoms with Crippen molar-refractivity contribution in [3.8, 4) is 0 Å². The molecule has 0 aliphatic carbocycles. The fourth-order valence-corrected chi connectivity index (χ4v) is 2.70. The van der Waals surface area contributed by atoms with E-state index in [0.717, 1.165) is 22.1 Å². The molecule has 6 nitrogen and oxygen atoms in total. The van der Waals surface area contributed by atoms with Crippen molar-refractivity contribution in [3.05, 3.63) is 46.0 Å². The van der Waals surface area contributed by atoms with E-state index >= 15 is 0 Å². The molecule has 0 aliphatic heterocycles. The second-order valence-corrected chi connectivity index (χ2v) is 5.89. The number of aromatic nitrogens is 3. The van der Waals surface area contributed by atoms with Crippen LogP contribution >= 0.6 is 15.9 Å². The first-order valence-corrected chi connectivity index (χ1v) is 7.88. The molecule has 1 heterocycles. The Morgan fingerprint density at radius 3 is 2.68 bits per heavy atom. The van der Waals surface area contributed by atoms with Crippen molar-refractivity contribution < 1.29 is 0 Å². The van der Waals surface area contributed by atoms with Gasteiger partial charge in [0.15, 0.2) is 11.8 Å². The standard InChI is InChI=1S/C15H21BrN6/c1-10(12-7-5-6-8-13(12)16)19-15(17-3)18-9-14-21-20-11(2)22(14)4/h5-8,10H,9H2,1-4H3,(H2,17,18,19). The van der Waals surface area contributed by atoms with E-state index in [1.54, 1.807) is 7.05 Å². The Kier molecular flexibility index (Phi) is 5.54. The van der Waals surface area contributed by atoms with Gasteiger partial charge >= 0.3 is 0 Å². The summed E-state index contributed by atoms with van der Waals surface area (Å²) in [5.74, 6) is 2.49. The van der Waals surface area contributed by atoms with E-state index in [4.69, 9.17) is 0 Å². The van der Waals surface area contributed by atoms with Crippen LogP contribution in [0.3, 0.4) is 0 Å². The quantitative estimate of drug-likeness (QED) is 0.645. The molecule has 2 rings (SSSR count).